The SMILES string of the molecule is CC(C)(F)C(=O)Nc1ccc2oc(-c3ccnc(C(=O)N4CCN([C@@H](C5=NNNN5)c5ccccc5)CC4)c3)nc2c1. The summed E-state index contributed by atoms with van der Waals surface area (Å²) in [6.45, 7) is 4.73. The fourth-order valence-electron chi connectivity index (χ4n) is 4.95. The Balaban J connectivity index is 1.15. The van der Waals surface area contributed by atoms with Gasteiger partial charge in [0, 0.05) is 43.6 Å². The van der Waals surface area contributed by atoms with Crippen LogP contribution in [0.2, 0.25) is 0 Å². The number of rotatable bonds is 7. The second-order valence-corrected chi connectivity index (χ2v) is 10.6. The smallest absolute Gasteiger partial charge is 0.272 e. The second kappa shape index (κ2) is 11.2. The summed E-state index contributed by atoms with van der Waals surface area (Å²) in [5.41, 5.74) is 9.95. The number of amides is 2. The molecule has 2 aliphatic rings. The van der Waals surface area contributed by atoms with Gasteiger partial charge in [0.2, 0.25) is 5.89 Å². The Kier molecular flexibility index (Phi) is 7.27. The minimum Gasteiger partial charge on any atom is -0.436 e. The lowest BCUT2D eigenvalue weighted by Gasteiger charge is -2.39. The van der Waals surface area contributed by atoms with E-state index in [9.17, 15) is 14.0 Å². The van der Waals surface area contributed by atoms with Gasteiger partial charge in [-0.15, -0.1) is 10.6 Å². The van der Waals surface area contributed by atoms with Crippen molar-refractivity contribution < 1.29 is 18.4 Å². The third kappa shape index (κ3) is 5.64. The lowest BCUT2D eigenvalue weighted by molar-refractivity contribution is -0.125. The molecule has 1 saturated heterocycles. The van der Waals surface area contributed by atoms with E-state index in [0.29, 0.717) is 54.4 Å². The number of carbonyl (C=O) groups is 2. The maximum Gasteiger partial charge on any atom is 0.272 e. The zero-order chi connectivity index (χ0) is 29.3. The molecule has 0 spiro atoms. The Morgan fingerprint density at radius 3 is 2.55 bits per heavy atom. The van der Waals surface area contributed by atoms with Crippen molar-refractivity contribution in [3.8, 4) is 11.5 Å². The van der Waals surface area contributed by atoms with Crippen molar-refractivity contribution in [2.24, 2.45) is 5.10 Å². The minimum absolute atomic E-state index is 0.0936. The van der Waals surface area contributed by atoms with Crippen LogP contribution in [0, 0.1) is 0 Å². The van der Waals surface area contributed by atoms with Gasteiger partial charge in [-0.1, -0.05) is 30.3 Å². The van der Waals surface area contributed by atoms with Gasteiger partial charge in [-0.3, -0.25) is 24.9 Å². The molecule has 0 bridgehead atoms. The molecule has 2 aromatic heterocycles. The first-order valence-electron chi connectivity index (χ1n) is 13.6. The lowest BCUT2D eigenvalue weighted by Crippen LogP contribution is -2.52. The highest BCUT2D eigenvalue weighted by atomic mass is 19.1. The van der Waals surface area contributed by atoms with Crippen LogP contribution in [-0.4, -0.2) is 69.3 Å². The summed E-state index contributed by atoms with van der Waals surface area (Å²) >= 11 is 0. The summed E-state index contributed by atoms with van der Waals surface area (Å²) in [6.07, 6.45) is 1.55. The molecule has 0 radical (unpaired) electrons. The van der Waals surface area contributed by atoms with E-state index in [4.69, 9.17) is 4.42 Å². The van der Waals surface area contributed by atoms with Crippen LogP contribution in [0.15, 0.2) is 76.4 Å². The quantitative estimate of drug-likeness (QED) is 0.264. The molecule has 0 saturated carbocycles. The monoisotopic (exact) mass is 571 g/mol. The number of oxazole rings is 1. The van der Waals surface area contributed by atoms with Gasteiger partial charge in [-0.2, -0.15) is 0 Å². The van der Waals surface area contributed by atoms with Crippen LogP contribution in [0.3, 0.4) is 0 Å². The summed E-state index contributed by atoms with van der Waals surface area (Å²) in [4.78, 5) is 38.4. The van der Waals surface area contributed by atoms with Crippen molar-refractivity contribution in [1.29, 1.82) is 0 Å². The average molecular weight is 572 g/mol. The highest BCUT2D eigenvalue weighted by Crippen LogP contribution is 2.28. The Hall–Kier alpha value is -4.88. The number of piperazine rings is 1. The molecule has 2 amide bonds. The number of nitrogens with one attached hydrogen (secondary N) is 4. The number of aromatic nitrogens is 2. The van der Waals surface area contributed by atoms with Crippen LogP contribution in [0.1, 0.15) is 35.9 Å². The number of halogens is 1. The number of benzene rings is 2. The molecule has 216 valence electrons. The van der Waals surface area contributed by atoms with Crippen LogP contribution in [0.4, 0.5) is 10.1 Å². The van der Waals surface area contributed by atoms with E-state index in [0.717, 1.165) is 11.4 Å². The maximum atomic E-state index is 13.9. The molecule has 0 unspecified atom stereocenters. The first-order valence-corrected chi connectivity index (χ1v) is 13.6. The summed E-state index contributed by atoms with van der Waals surface area (Å²) in [7, 11) is 0. The number of fused-ring (bicyclic) bond motifs is 1. The van der Waals surface area contributed by atoms with Gasteiger partial charge in [-0.25, -0.2) is 14.9 Å². The summed E-state index contributed by atoms with van der Waals surface area (Å²) in [5.74, 6) is 0.132. The van der Waals surface area contributed by atoms with Gasteiger partial charge >= 0.3 is 0 Å². The van der Waals surface area contributed by atoms with E-state index in [1.54, 1.807) is 41.4 Å². The van der Waals surface area contributed by atoms with Crippen LogP contribution < -0.4 is 21.8 Å². The van der Waals surface area contributed by atoms with Crippen molar-refractivity contribution in [2.75, 3.05) is 31.5 Å². The molecular formula is C29H30FN9O3. The number of hydrazine groups is 2. The summed E-state index contributed by atoms with van der Waals surface area (Å²) in [6, 6.07) is 18.3. The Labute approximate surface area is 240 Å². The van der Waals surface area contributed by atoms with Gasteiger partial charge in [0.1, 0.15) is 11.2 Å². The minimum atomic E-state index is -2.02. The normalized spacial score (nSPS) is 16.5. The average Bonchev–Trinajstić information content (AvgIpc) is 3.68. The van der Waals surface area contributed by atoms with Crippen LogP contribution in [0.5, 0.6) is 0 Å². The van der Waals surface area contributed by atoms with E-state index in [1.807, 2.05) is 18.2 Å². The molecule has 2 aliphatic heterocycles. The topological polar surface area (TPSA) is 140 Å². The summed E-state index contributed by atoms with van der Waals surface area (Å²) in [5, 5.41) is 6.88. The fraction of sp³-hybridized carbons (Fsp3) is 0.276. The zero-order valence-electron chi connectivity index (χ0n) is 23.1. The number of hydrogen-bond donors (Lipinski definition) is 4. The van der Waals surface area contributed by atoms with Crippen molar-refractivity contribution >= 4 is 34.4 Å². The number of amidine groups is 1. The number of alkyl halides is 1. The highest BCUT2D eigenvalue weighted by molar-refractivity contribution is 5.98. The van der Waals surface area contributed by atoms with Crippen LogP contribution >= 0.6 is 0 Å². The van der Waals surface area contributed by atoms with Gasteiger partial charge in [0.05, 0.1) is 6.04 Å². The Morgan fingerprint density at radius 2 is 1.83 bits per heavy atom. The molecule has 42 heavy (non-hydrogen) atoms. The number of hydrazone groups is 1. The van der Waals surface area contributed by atoms with E-state index in [-0.39, 0.29) is 17.6 Å². The predicted molar refractivity (Wildman–Crippen MR) is 155 cm³/mol. The third-order valence-electron chi connectivity index (χ3n) is 7.18. The first-order chi connectivity index (χ1) is 20.3. The van der Waals surface area contributed by atoms with Crippen LogP contribution in [0.25, 0.3) is 22.6 Å². The van der Waals surface area contributed by atoms with Gasteiger partial charge in [0.15, 0.2) is 17.1 Å². The largest absolute Gasteiger partial charge is 0.436 e. The second-order valence-electron chi connectivity index (χ2n) is 10.6. The van der Waals surface area contributed by atoms with Crippen molar-refractivity contribution in [3.05, 3.63) is 78.1 Å². The molecule has 4 N–H and O–H groups in total. The Bertz CT molecular complexity index is 1640. The van der Waals surface area contributed by atoms with Crippen molar-refractivity contribution in [3.63, 3.8) is 0 Å². The molecule has 4 heterocycles. The Morgan fingerprint density at radius 1 is 1.05 bits per heavy atom. The number of hydrogen-bond acceptors (Lipinski definition) is 10. The maximum absolute atomic E-state index is 13.9. The lowest BCUT2D eigenvalue weighted by atomic mass is 10.0. The molecule has 12 nitrogen and oxygen atoms in total. The molecule has 1 atom stereocenters. The van der Waals surface area contributed by atoms with E-state index >= 15 is 0 Å². The van der Waals surface area contributed by atoms with E-state index in [2.05, 4.69) is 53.9 Å². The molecule has 4 aromatic rings. The van der Waals surface area contributed by atoms with E-state index in [1.165, 1.54) is 13.8 Å². The van der Waals surface area contributed by atoms with Gasteiger partial charge in [-0.05, 0) is 49.7 Å². The molecule has 1 fully saturated rings. The van der Waals surface area contributed by atoms with Crippen molar-refractivity contribution in [1.82, 2.24) is 36.3 Å². The van der Waals surface area contributed by atoms with Gasteiger partial charge < -0.3 is 14.6 Å². The molecule has 0 aliphatic carbocycles. The standard InChI is InChI=1S/C29H30FN9O3/c1-29(2,30)28(41)32-20-8-9-23-21(17-20)33-26(42-23)19-10-11-31-22(16-19)27(40)39-14-12-38(13-15-39)24(25-34-36-37-35-25)18-6-4-3-5-7-18/h3-11,16-17,24,36-37H,12-15H2,1-2H3,(H,32,41)(H,34,35)/t24-/m1/s1. The van der Waals surface area contributed by atoms with E-state index < -0.39 is 11.6 Å². The first kappa shape index (κ1) is 27.3. The number of anilines is 1. The fourth-order valence-corrected chi connectivity index (χ4v) is 4.95. The van der Waals surface area contributed by atoms with Gasteiger partial charge in [0.25, 0.3) is 11.8 Å². The molecule has 6 rings (SSSR count). The zero-order valence-corrected chi connectivity index (χ0v) is 23.1. The predicted octanol–water partition coefficient (Wildman–Crippen LogP) is 3.00. The number of carbonyl (C=O) groups excluding carboxylic acids is 2. The molecule has 13 heteroatoms. The number of pyridine rings is 1. The van der Waals surface area contributed by atoms with Crippen molar-refractivity contribution in [2.45, 2.75) is 25.6 Å². The van der Waals surface area contributed by atoms with Crippen LogP contribution in [-0.2, 0) is 4.79 Å². The highest BCUT2D eigenvalue weighted by Gasteiger charge is 2.32. The third-order valence-corrected chi connectivity index (χ3v) is 7.18. The summed E-state index contributed by atoms with van der Waals surface area (Å²) < 4.78 is 19.8. The molecular weight excluding hydrogens is 541 g/mol. The number of nitrogens with zero attached hydrogens (tertiary/aromatic N) is 5. The molecule has 2 aromatic carbocycles.